The molecule has 0 aromatic heterocycles. The number of aliphatic carboxylic acids is 1. The van der Waals surface area contributed by atoms with Crippen molar-refractivity contribution in [3.63, 3.8) is 0 Å². The predicted molar refractivity (Wildman–Crippen MR) is 105 cm³/mol. The maximum atomic E-state index is 11.1. The molecule has 2 aromatic carbocycles. The van der Waals surface area contributed by atoms with Crippen LogP contribution in [0.5, 0.6) is 5.75 Å². The second-order valence-electron chi connectivity index (χ2n) is 7.07. The number of rotatable bonds is 8. The van der Waals surface area contributed by atoms with Crippen LogP contribution in [0.15, 0.2) is 48.5 Å². The highest BCUT2D eigenvalue weighted by Gasteiger charge is 2.25. The van der Waals surface area contributed by atoms with Crippen LogP contribution in [0.25, 0.3) is 0 Å². The van der Waals surface area contributed by atoms with Gasteiger partial charge < -0.3 is 19.9 Å². The molecule has 0 bridgehead atoms. The lowest BCUT2D eigenvalue weighted by molar-refractivity contribution is -0.142. The first-order valence-electron chi connectivity index (χ1n) is 9.43. The van der Waals surface area contributed by atoms with Crippen LogP contribution in [0.4, 0.5) is 5.69 Å². The topological polar surface area (TPSA) is 67.8 Å². The van der Waals surface area contributed by atoms with E-state index in [1.165, 1.54) is 0 Å². The van der Waals surface area contributed by atoms with E-state index < -0.39 is 5.97 Å². The van der Waals surface area contributed by atoms with E-state index in [-0.39, 0.29) is 5.92 Å². The van der Waals surface area contributed by atoms with Gasteiger partial charge in [0, 0.05) is 11.7 Å². The fraction of sp³-hybridized carbons (Fsp3) is 0.409. The monoisotopic (exact) mass is 369 g/mol. The summed E-state index contributed by atoms with van der Waals surface area (Å²) in [6.07, 6.45) is 3.29. The Kier molecular flexibility index (Phi) is 6.71. The normalized spacial score (nSPS) is 19.4. The van der Waals surface area contributed by atoms with E-state index in [2.05, 4.69) is 23.5 Å². The first-order valence-corrected chi connectivity index (χ1v) is 9.43. The average molecular weight is 369 g/mol. The number of hydrogen-bond donors (Lipinski definition) is 2. The Bertz CT molecular complexity index is 736. The molecule has 0 radical (unpaired) electrons. The molecular formula is C22H27NO4. The summed E-state index contributed by atoms with van der Waals surface area (Å²) < 4.78 is 11.0. The van der Waals surface area contributed by atoms with Crippen molar-refractivity contribution in [1.29, 1.82) is 0 Å². The molecule has 3 rings (SSSR count). The molecule has 1 fully saturated rings. The van der Waals surface area contributed by atoms with Crippen molar-refractivity contribution in [2.75, 3.05) is 12.4 Å². The Hall–Kier alpha value is -2.53. The summed E-state index contributed by atoms with van der Waals surface area (Å²) in [6, 6.07) is 16.5. The fourth-order valence-corrected chi connectivity index (χ4v) is 3.48. The highest BCUT2D eigenvalue weighted by atomic mass is 16.5. The molecule has 0 saturated heterocycles. The molecule has 0 spiro atoms. The summed E-state index contributed by atoms with van der Waals surface area (Å²) >= 11 is 0. The average Bonchev–Trinajstić information content (AvgIpc) is 2.69. The first kappa shape index (κ1) is 19.2. The number of hydrogen-bond acceptors (Lipinski definition) is 4. The van der Waals surface area contributed by atoms with Gasteiger partial charge in [-0.25, -0.2) is 0 Å². The molecule has 0 amide bonds. The molecule has 27 heavy (non-hydrogen) atoms. The third-order valence-corrected chi connectivity index (χ3v) is 5.07. The molecule has 0 unspecified atom stereocenters. The van der Waals surface area contributed by atoms with E-state index in [1.807, 2.05) is 30.3 Å². The van der Waals surface area contributed by atoms with Crippen molar-refractivity contribution < 1.29 is 19.4 Å². The smallest absolute Gasteiger partial charge is 0.306 e. The number of nitrogens with one attached hydrogen (secondary N) is 1. The second-order valence-corrected chi connectivity index (χ2v) is 7.07. The van der Waals surface area contributed by atoms with Gasteiger partial charge in [-0.05, 0) is 61.1 Å². The standard InChI is InChI=1S/C22H27NO4/c1-26-21-11-5-16(6-12-21)14-27-15-17-3-2-4-20(13-17)23-19-9-7-18(8-10-19)22(24)25/h2-6,11-13,18-19,23H,7-10,14-15H2,1H3,(H,24,25). The molecule has 0 atom stereocenters. The number of carbonyl (C=O) groups is 1. The third-order valence-electron chi connectivity index (χ3n) is 5.07. The summed E-state index contributed by atoms with van der Waals surface area (Å²) in [4.78, 5) is 11.1. The van der Waals surface area contributed by atoms with Crippen molar-refractivity contribution in [2.24, 2.45) is 5.92 Å². The molecule has 1 aliphatic carbocycles. The molecule has 2 aromatic rings. The lowest BCUT2D eigenvalue weighted by Gasteiger charge is -2.27. The molecule has 1 aliphatic rings. The minimum Gasteiger partial charge on any atom is -0.497 e. The van der Waals surface area contributed by atoms with Gasteiger partial charge in [-0.1, -0.05) is 24.3 Å². The first-order chi connectivity index (χ1) is 13.1. The number of anilines is 1. The van der Waals surface area contributed by atoms with Crippen molar-refractivity contribution in [1.82, 2.24) is 0 Å². The van der Waals surface area contributed by atoms with Crippen LogP contribution in [0, 0.1) is 5.92 Å². The zero-order valence-electron chi connectivity index (χ0n) is 15.7. The van der Waals surface area contributed by atoms with E-state index >= 15 is 0 Å². The number of ether oxygens (including phenoxy) is 2. The number of carboxylic acids is 1. The summed E-state index contributed by atoms with van der Waals surface area (Å²) in [5.74, 6) is 0.000101. The fourth-order valence-electron chi connectivity index (χ4n) is 3.48. The van der Waals surface area contributed by atoms with Gasteiger partial charge in [0.1, 0.15) is 5.75 Å². The highest BCUT2D eigenvalue weighted by molar-refractivity contribution is 5.70. The van der Waals surface area contributed by atoms with Crippen LogP contribution < -0.4 is 10.1 Å². The Morgan fingerprint density at radius 3 is 2.41 bits per heavy atom. The molecule has 0 aliphatic heterocycles. The molecule has 5 nitrogen and oxygen atoms in total. The zero-order valence-corrected chi connectivity index (χ0v) is 15.7. The van der Waals surface area contributed by atoms with Gasteiger partial charge in [0.15, 0.2) is 0 Å². The van der Waals surface area contributed by atoms with E-state index in [0.29, 0.717) is 19.3 Å². The minimum atomic E-state index is -0.663. The molecule has 144 valence electrons. The van der Waals surface area contributed by atoms with Crippen molar-refractivity contribution in [3.05, 3.63) is 59.7 Å². The summed E-state index contributed by atoms with van der Waals surface area (Å²) in [7, 11) is 1.66. The summed E-state index contributed by atoms with van der Waals surface area (Å²) in [6.45, 7) is 1.11. The van der Waals surface area contributed by atoms with Crippen LogP contribution in [-0.2, 0) is 22.7 Å². The largest absolute Gasteiger partial charge is 0.497 e. The molecule has 2 N–H and O–H groups in total. The lowest BCUT2D eigenvalue weighted by atomic mass is 9.86. The van der Waals surface area contributed by atoms with Crippen LogP contribution >= 0.6 is 0 Å². The Morgan fingerprint density at radius 1 is 1.04 bits per heavy atom. The van der Waals surface area contributed by atoms with Crippen molar-refractivity contribution in [3.8, 4) is 5.75 Å². The van der Waals surface area contributed by atoms with Gasteiger partial charge in [-0.15, -0.1) is 0 Å². The summed E-state index contributed by atoms with van der Waals surface area (Å²) in [5, 5.41) is 12.6. The number of methoxy groups -OCH3 is 1. The van der Waals surface area contributed by atoms with E-state index in [9.17, 15) is 4.79 Å². The highest BCUT2D eigenvalue weighted by Crippen LogP contribution is 2.27. The van der Waals surface area contributed by atoms with Gasteiger partial charge in [-0.3, -0.25) is 4.79 Å². The molecule has 5 heteroatoms. The quantitative estimate of drug-likeness (QED) is 0.719. The minimum absolute atomic E-state index is 0.180. The molecule has 1 saturated carbocycles. The van der Waals surface area contributed by atoms with Crippen LogP contribution in [-0.4, -0.2) is 24.2 Å². The van der Waals surface area contributed by atoms with Crippen LogP contribution in [0.2, 0.25) is 0 Å². The Labute approximate surface area is 160 Å². The second kappa shape index (κ2) is 9.42. The van der Waals surface area contributed by atoms with E-state index in [1.54, 1.807) is 7.11 Å². The molecular weight excluding hydrogens is 342 g/mol. The zero-order chi connectivity index (χ0) is 19.1. The van der Waals surface area contributed by atoms with Crippen LogP contribution in [0.3, 0.4) is 0 Å². The van der Waals surface area contributed by atoms with Crippen molar-refractivity contribution >= 4 is 11.7 Å². The van der Waals surface area contributed by atoms with Gasteiger partial charge in [0.2, 0.25) is 0 Å². The Morgan fingerprint density at radius 2 is 1.74 bits per heavy atom. The number of carboxylic acid groups (broad SMARTS) is 1. The van der Waals surface area contributed by atoms with E-state index in [0.717, 1.165) is 48.2 Å². The van der Waals surface area contributed by atoms with Gasteiger partial charge in [0.25, 0.3) is 0 Å². The third kappa shape index (κ3) is 5.73. The molecule has 0 heterocycles. The van der Waals surface area contributed by atoms with Gasteiger partial charge in [0.05, 0.1) is 26.2 Å². The van der Waals surface area contributed by atoms with Gasteiger partial charge in [-0.2, -0.15) is 0 Å². The lowest BCUT2D eigenvalue weighted by Crippen LogP contribution is -2.29. The van der Waals surface area contributed by atoms with Gasteiger partial charge >= 0.3 is 5.97 Å². The SMILES string of the molecule is COc1ccc(COCc2cccc(NC3CCC(C(=O)O)CC3)c2)cc1. The predicted octanol–water partition coefficient (Wildman–Crippen LogP) is 4.47. The van der Waals surface area contributed by atoms with Crippen molar-refractivity contribution in [2.45, 2.75) is 44.9 Å². The Balaban J connectivity index is 1.46. The number of benzene rings is 2. The maximum Gasteiger partial charge on any atom is 0.306 e. The summed E-state index contributed by atoms with van der Waals surface area (Å²) in [5.41, 5.74) is 3.30. The maximum absolute atomic E-state index is 11.1. The van der Waals surface area contributed by atoms with E-state index in [4.69, 9.17) is 14.6 Å². The van der Waals surface area contributed by atoms with Crippen LogP contribution in [0.1, 0.15) is 36.8 Å².